The van der Waals surface area contributed by atoms with Crippen LogP contribution in [0.4, 0.5) is 18.9 Å². The highest BCUT2D eigenvalue weighted by atomic mass is 127. The molecule has 0 aliphatic rings. The molecule has 154 valence electrons. The zero-order chi connectivity index (χ0) is 19.7. The number of hydrogen-bond donors (Lipinski definition) is 2. The average Bonchev–Trinajstić information content (AvgIpc) is 2.58. The quantitative estimate of drug-likeness (QED) is 0.235. The van der Waals surface area contributed by atoms with Gasteiger partial charge in [0.15, 0.2) is 5.96 Å². The Kier molecular flexibility index (Phi) is 10.1. The molecule has 0 aromatic heterocycles. The Morgan fingerprint density at radius 2 is 1.79 bits per heavy atom. The molecule has 0 heterocycles. The van der Waals surface area contributed by atoms with Crippen molar-refractivity contribution in [3.8, 4) is 11.5 Å². The van der Waals surface area contributed by atoms with Crippen molar-refractivity contribution < 1.29 is 17.9 Å². The van der Waals surface area contributed by atoms with Crippen molar-refractivity contribution in [3.63, 3.8) is 0 Å². The van der Waals surface area contributed by atoms with E-state index >= 15 is 0 Å². The zero-order valence-corrected chi connectivity index (χ0v) is 17.8. The van der Waals surface area contributed by atoms with Gasteiger partial charge in [0.1, 0.15) is 11.5 Å². The average molecular weight is 508 g/mol. The predicted octanol–water partition coefficient (Wildman–Crippen LogP) is 4.71. The third-order valence-electron chi connectivity index (χ3n) is 3.51. The number of nitrogens with two attached hydrogens (primary N) is 1. The first-order chi connectivity index (χ1) is 12.8. The van der Waals surface area contributed by atoms with Crippen LogP contribution in [-0.2, 0) is 0 Å². The van der Waals surface area contributed by atoms with Crippen molar-refractivity contribution in [2.45, 2.75) is 12.6 Å². The molecule has 0 spiro atoms. The molecular weight excluding hydrogens is 484 g/mol. The van der Waals surface area contributed by atoms with Crippen molar-refractivity contribution in [3.05, 3.63) is 54.6 Å². The smallest absolute Gasteiger partial charge is 0.401 e. The summed E-state index contributed by atoms with van der Waals surface area (Å²) in [5.74, 6) is 1.57. The van der Waals surface area contributed by atoms with Crippen LogP contribution in [0.1, 0.15) is 6.42 Å². The first kappa shape index (κ1) is 24.0. The molecule has 2 aromatic rings. The highest BCUT2D eigenvalue weighted by Gasteiger charge is 2.28. The monoisotopic (exact) mass is 508 g/mol. The summed E-state index contributed by atoms with van der Waals surface area (Å²) in [6.45, 7) is -0.309. The van der Waals surface area contributed by atoms with E-state index in [-0.39, 0.29) is 36.5 Å². The Morgan fingerprint density at radius 1 is 1.11 bits per heavy atom. The van der Waals surface area contributed by atoms with Crippen LogP contribution in [0, 0.1) is 0 Å². The first-order valence-electron chi connectivity index (χ1n) is 8.47. The summed E-state index contributed by atoms with van der Waals surface area (Å²) in [6, 6.07) is 16.6. The SMILES string of the molecule is CN(CCCN=C(N)Nc1cccc(Oc2ccccc2)c1)CC(F)(F)F.I. The maximum absolute atomic E-state index is 12.2. The number of hydrogen-bond acceptors (Lipinski definition) is 3. The molecular formula is C19H24F3IN4O. The van der Waals surface area contributed by atoms with E-state index in [0.717, 1.165) is 5.75 Å². The number of anilines is 1. The minimum Gasteiger partial charge on any atom is -0.457 e. The second-order valence-electron chi connectivity index (χ2n) is 6.04. The van der Waals surface area contributed by atoms with Crippen LogP contribution < -0.4 is 15.8 Å². The number of nitrogens with zero attached hydrogens (tertiary/aromatic N) is 2. The maximum Gasteiger partial charge on any atom is 0.401 e. The lowest BCUT2D eigenvalue weighted by molar-refractivity contribution is -0.143. The summed E-state index contributed by atoms with van der Waals surface area (Å²) in [4.78, 5) is 5.35. The van der Waals surface area contributed by atoms with Crippen LogP contribution in [0.25, 0.3) is 0 Å². The van der Waals surface area contributed by atoms with E-state index < -0.39 is 12.7 Å². The lowest BCUT2D eigenvalue weighted by Gasteiger charge is -2.17. The molecule has 0 unspecified atom stereocenters. The van der Waals surface area contributed by atoms with Gasteiger partial charge >= 0.3 is 6.18 Å². The molecule has 0 saturated heterocycles. The van der Waals surface area contributed by atoms with Crippen LogP contribution in [0.15, 0.2) is 59.6 Å². The zero-order valence-electron chi connectivity index (χ0n) is 15.4. The highest BCUT2D eigenvalue weighted by molar-refractivity contribution is 14.0. The Labute approximate surface area is 179 Å². The maximum atomic E-state index is 12.2. The Balaban J connectivity index is 0.00000392. The first-order valence-corrected chi connectivity index (χ1v) is 8.47. The summed E-state index contributed by atoms with van der Waals surface area (Å²) in [7, 11) is 1.43. The number of aliphatic imine (C=N–C) groups is 1. The van der Waals surface area contributed by atoms with Gasteiger partial charge in [-0.05, 0) is 44.3 Å². The van der Waals surface area contributed by atoms with Crippen LogP contribution >= 0.6 is 24.0 Å². The molecule has 0 atom stereocenters. The number of nitrogens with one attached hydrogen (secondary N) is 1. The number of rotatable bonds is 8. The van der Waals surface area contributed by atoms with Gasteiger partial charge in [0, 0.05) is 18.3 Å². The van der Waals surface area contributed by atoms with E-state index in [1.807, 2.05) is 48.5 Å². The lowest BCUT2D eigenvalue weighted by atomic mass is 10.3. The van der Waals surface area contributed by atoms with Crippen molar-refractivity contribution in [2.24, 2.45) is 10.7 Å². The summed E-state index contributed by atoms with van der Waals surface area (Å²) in [6.07, 6.45) is -3.71. The van der Waals surface area contributed by atoms with Crippen LogP contribution in [0.2, 0.25) is 0 Å². The fourth-order valence-electron chi connectivity index (χ4n) is 2.37. The van der Waals surface area contributed by atoms with Gasteiger partial charge < -0.3 is 15.8 Å². The second kappa shape index (κ2) is 11.7. The topological polar surface area (TPSA) is 62.9 Å². The molecule has 0 saturated carbocycles. The number of para-hydroxylation sites is 1. The number of ether oxygens (including phenoxy) is 1. The Bertz CT molecular complexity index is 741. The summed E-state index contributed by atoms with van der Waals surface area (Å²) in [5.41, 5.74) is 6.54. The molecule has 0 aliphatic carbocycles. The van der Waals surface area contributed by atoms with Crippen LogP contribution in [0.3, 0.4) is 0 Å². The van der Waals surface area contributed by atoms with E-state index in [9.17, 15) is 13.2 Å². The molecule has 28 heavy (non-hydrogen) atoms. The van der Waals surface area contributed by atoms with Crippen molar-refractivity contribution in [2.75, 3.05) is 32.0 Å². The minimum atomic E-state index is -4.19. The third-order valence-corrected chi connectivity index (χ3v) is 3.51. The molecule has 0 aliphatic heterocycles. The molecule has 0 amide bonds. The molecule has 0 bridgehead atoms. The molecule has 9 heteroatoms. The van der Waals surface area contributed by atoms with Gasteiger partial charge in [-0.1, -0.05) is 24.3 Å². The van der Waals surface area contributed by atoms with Gasteiger partial charge in [-0.15, -0.1) is 24.0 Å². The van der Waals surface area contributed by atoms with Crippen molar-refractivity contribution in [1.82, 2.24) is 4.90 Å². The molecule has 2 rings (SSSR count). The molecule has 5 nitrogen and oxygen atoms in total. The number of benzene rings is 2. The van der Waals surface area contributed by atoms with E-state index in [4.69, 9.17) is 10.5 Å². The minimum absolute atomic E-state index is 0. The van der Waals surface area contributed by atoms with E-state index in [1.54, 1.807) is 6.07 Å². The predicted molar refractivity (Wildman–Crippen MR) is 117 cm³/mol. The van der Waals surface area contributed by atoms with Gasteiger partial charge in [0.25, 0.3) is 0 Å². The molecule has 0 fully saturated rings. The van der Waals surface area contributed by atoms with Gasteiger partial charge in [-0.3, -0.25) is 9.89 Å². The Morgan fingerprint density at radius 3 is 2.46 bits per heavy atom. The van der Waals surface area contributed by atoms with Crippen LogP contribution in [0.5, 0.6) is 11.5 Å². The number of alkyl halides is 3. The fourth-order valence-corrected chi connectivity index (χ4v) is 2.37. The molecule has 3 N–H and O–H groups in total. The van der Waals surface area contributed by atoms with Gasteiger partial charge in [-0.2, -0.15) is 13.2 Å². The molecule has 2 aromatic carbocycles. The number of halogens is 4. The standard InChI is InChI=1S/C19H23F3N4O.HI/c1-26(14-19(20,21)22)12-6-11-24-18(23)25-15-7-5-10-17(13-15)27-16-8-3-2-4-9-16;/h2-5,7-10,13H,6,11-12,14H2,1H3,(H3,23,24,25);1H. The summed E-state index contributed by atoms with van der Waals surface area (Å²) >= 11 is 0. The van der Waals surface area contributed by atoms with E-state index in [0.29, 0.717) is 24.4 Å². The third kappa shape index (κ3) is 9.79. The fraction of sp³-hybridized carbons (Fsp3) is 0.316. The normalized spacial score (nSPS) is 11.8. The van der Waals surface area contributed by atoms with E-state index in [1.165, 1.54) is 11.9 Å². The summed E-state index contributed by atoms with van der Waals surface area (Å²) in [5, 5.41) is 2.95. The van der Waals surface area contributed by atoms with Crippen molar-refractivity contribution in [1.29, 1.82) is 0 Å². The number of guanidine groups is 1. The van der Waals surface area contributed by atoms with Gasteiger partial charge in [0.2, 0.25) is 0 Å². The summed E-state index contributed by atoms with van der Waals surface area (Å²) < 4.78 is 42.5. The van der Waals surface area contributed by atoms with Crippen LogP contribution in [-0.4, -0.2) is 43.7 Å². The molecule has 0 radical (unpaired) electrons. The van der Waals surface area contributed by atoms with Gasteiger partial charge in [-0.25, -0.2) is 0 Å². The van der Waals surface area contributed by atoms with E-state index in [2.05, 4.69) is 10.3 Å². The second-order valence-corrected chi connectivity index (χ2v) is 6.04. The largest absolute Gasteiger partial charge is 0.457 e. The van der Waals surface area contributed by atoms with Gasteiger partial charge in [0.05, 0.1) is 6.54 Å². The Hall–Kier alpha value is -2.01. The lowest BCUT2D eigenvalue weighted by Crippen LogP contribution is -2.32. The van der Waals surface area contributed by atoms with Crippen molar-refractivity contribution >= 4 is 35.6 Å². The highest BCUT2D eigenvalue weighted by Crippen LogP contribution is 2.23.